The molecule has 8 heteroatoms. The van der Waals surface area contributed by atoms with Crippen LogP contribution in [0, 0.1) is 0 Å². The molecule has 0 atom stereocenters. The minimum absolute atomic E-state index is 0.0692. The van der Waals surface area contributed by atoms with Crippen LogP contribution in [-0.2, 0) is 15.9 Å². The molecule has 0 aliphatic heterocycles. The highest BCUT2D eigenvalue weighted by molar-refractivity contribution is 5.88. The summed E-state index contributed by atoms with van der Waals surface area (Å²) in [4.78, 5) is 24.8. The molecular weight excluding hydrogens is 288 g/mol. The number of ether oxygens (including phenoxy) is 2. The minimum atomic E-state index is -0.687. The van der Waals surface area contributed by atoms with Gasteiger partial charge in [0, 0.05) is 0 Å². The van der Waals surface area contributed by atoms with E-state index in [0.717, 1.165) is 4.79 Å². The van der Waals surface area contributed by atoms with E-state index in [1.807, 2.05) is 0 Å². The summed E-state index contributed by atoms with van der Waals surface area (Å²) in [5, 5.41) is 7.53. The maximum Gasteiger partial charge on any atom is 0.428 e. The molecule has 8 nitrogen and oxygen atoms in total. The zero-order valence-corrected chi connectivity index (χ0v) is 13.4. The highest BCUT2D eigenvalue weighted by Crippen LogP contribution is 2.11. The summed E-state index contributed by atoms with van der Waals surface area (Å²) in [5.41, 5.74) is 2.29. The number of carbonyl (C=O) groups is 2. The van der Waals surface area contributed by atoms with Gasteiger partial charge in [-0.15, -0.1) is 11.7 Å². The van der Waals surface area contributed by atoms with Crippen molar-refractivity contribution in [2.75, 3.05) is 12.0 Å². The Labute approximate surface area is 129 Å². The summed E-state index contributed by atoms with van der Waals surface area (Å²) in [6, 6.07) is 0. The van der Waals surface area contributed by atoms with Gasteiger partial charge in [0.15, 0.2) is 5.69 Å². The van der Waals surface area contributed by atoms with E-state index in [0.29, 0.717) is 18.5 Å². The third kappa shape index (κ3) is 5.19. The molecule has 122 valence electrons. The zero-order chi connectivity index (χ0) is 16.8. The molecule has 0 aliphatic carbocycles. The normalized spacial score (nSPS) is 10.9. The summed E-state index contributed by atoms with van der Waals surface area (Å²) in [7, 11) is 0. The Morgan fingerprint density at radius 3 is 2.64 bits per heavy atom. The highest BCUT2D eigenvalue weighted by Gasteiger charge is 2.23. The van der Waals surface area contributed by atoms with Crippen LogP contribution in [-0.4, -0.2) is 39.4 Å². The molecule has 0 fully saturated rings. The maximum atomic E-state index is 11.8. The molecule has 1 aromatic heterocycles. The molecule has 0 aromatic carbocycles. The van der Waals surface area contributed by atoms with Gasteiger partial charge in [-0.05, 0) is 45.7 Å². The van der Waals surface area contributed by atoms with E-state index < -0.39 is 17.7 Å². The third-order valence-corrected chi connectivity index (χ3v) is 2.41. The van der Waals surface area contributed by atoms with Crippen LogP contribution in [0.15, 0.2) is 12.7 Å². The summed E-state index contributed by atoms with van der Waals surface area (Å²) in [6.45, 7) is 10.8. The predicted octanol–water partition coefficient (Wildman–Crippen LogP) is 2.05. The topological polar surface area (TPSA) is 95.3 Å². The molecule has 0 bridgehead atoms. The zero-order valence-electron chi connectivity index (χ0n) is 13.4. The van der Waals surface area contributed by atoms with Crippen LogP contribution in [0.3, 0.4) is 0 Å². The largest absolute Gasteiger partial charge is 0.461 e. The average molecular weight is 310 g/mol. The number of rotatable bonds is 6. The molecule has 22 heavy (non-hydrogen) atoms. The number of carbonyl (C=O) groups excluding carboxylic acids is 2. The first-order valence-corrected chi connectivity index (χ1v) is 7.01. The smallest absolute Gasteiger partial charge is 0.428 e. The van der Waals surface area contributed by atoms with Crippen molar-refractivity contribution in [3.8, 4) is 0 Å². The molecule has 1 rings (SSSR count). The number of hydrogen-bond acceptors (Lipinski definition) is 6. The van der Waals surface area contributed by atoms with Gasteiger partial charge in [-0.3, -0.25) is 0 Å². The maximum absolute atomic E-state index is 11.8. The van der Waals surface area contributed by atoms with Crippen molar-refractivity contribution in [1.29, 1.82) is 0 Å². The van der Waals surface area contributed by atoms with E-state index in [9.17, 15) is 9.59 Å². The number of allylic oxidation sites excluding steroid dienone is 1. The number of nitrogens with zero attached hydrogens (tertiary/aromatic N) is 3. The first-order valence-electron chi connectivity index (χ1n) is 7.01. The van der Waals surface area contributed by atoms with E-state index in [-0.39, 0.29) is 12.3 Å². The summed E-state index contributed by atoms with van der Waals surface area (Å²) in [6.07, 6.45) is 2.03. The Balaban J connectivity index is 2.96. The molecular formula is C14H22N4O4. The Bertz CT molecular complexity index is 546. The molecule has 0 aliphatic rings. The van der Waals surface area contributed by atoms with Gasteiger partial charge in [-0.2, -0.15) is 4.79 Å². The molecule has 0 saturated heterocycles. The van der Waals surface area contributed by atoms with E-state index in [2.05, 4.69) is 22.3 Å². The second kappa shape index (κ2) is 7.58. The monoisotopic (exact) mass is 310 g/mol. The van der Waals surface area contributed by atoms with Crippen molar-refractivity contribution < 1.29 is 19.1 Å². The Kier molecular flexibility index (Phi) is 6.09. The third-order valence-electron chi connectivity index (χ3n) is 2.41. The fourth-order valence-corrected chi connectivity index (χ4v) is 1.60. The molecule has 0 radical (unpaired) electrons. The Morgan fingerprint density at radius 1 is 1.41 bits per heavy atom. The van der Waals surface area contributed by atoms with E-state index >= 15 is 0 Å². The van der Waals surface area contributed by atoms with Gasteiger partial charge in [0.2, 0.25) is 0 Å². The molecule has 0 saturated carbocycles. The number of hydrogen-bond donors (Lipinski definition) is 1. The average Bonchev–Trinajstić information content (AvgIpc) is 2.77. The van der Waals surface area contributed by atoms with Crippen molar-refractivity contribution >= 4 is 12.1 Å². The number of aromatic nitrogens is 3. The quantitative estimate of drug-likeness (QED) is 0.638. The standard InChI is InChI=1S/C14H22N4O4/c1-6-8-9-10-11(12(19)21-7-2)15-17-18(10)16-13(20)22-14(3,4)5/h6H,1,7-9H2,2-5H3,(H,16,20). The van der Waals surface area contributed by atoms with E-state index in [1.54, 1.807) is 33.8 Å². The number of nitrogens with one attached hydrogen (secondary N) is 1. The van der Waals surface area contributed by atoms with Gasteiger partial charge < -0.3 is 9.47 Å². The van der Waals surface area contributed by atoms with Gasteiger partial charge in [-0.1, -0.05) is 6.08 Å². The van der Waals surface area contributed by atoms with Crippen LogP contribution in [0.5, 0.6) is 0 Å². The lowest BCUT2D eigenvalue weighted by molar-refractivity contribution is 0.0515. The minimum Gasteiger partial charge on any atom is -0.461 e. The lowest BCUT2D eigenvalue weighted by Crippen LogP contribution is -2.33. The first-order chi connectivity index (χ1) is 10.3. The van der Waals surface area contributed by atoms with E-state index in [1.165, 1.54) is 0 Å². The fraction of sp³-hybridized carbons (Fsp3) is 0.571. The van der Waals surface area contributed by atoms with Crippen LogP contribution in [0.2, 0.25) is 0 Å². The molecule has 1 amide bonds. The van der Waals surface area contributed by atoms with Crippen molar-refractivity contribution in [3.63, 3.8) is 0 Å². The Hall–Kier alpha value is -2.38. The van der Waals surface area contributed by atoms with Gasteiger partial charge in [0.1, 0.15) is 5.60 Å². The number of amides is 1. The van der Waals surface area contributed by atoms with Gasteiger partial charge in [-0.25, -0.2) is 15.0 Å². The summed E-state index contributed by atoms with van der Waals surface area (Å²) < 4.78 is 10.1. The van der Waals surface area contributed by atoms with Crippen molar-refractivity contribution in [3.05, 3.63) is 24.0 Å². The highest BCUT2D eigenvalue weighted by atomic mass is 16.6. The SMILES string of the molecule is C=CCCc1c(C(=O)OCC)nnn1NC(=O)OC(C)(C)C. The predicted molar refractivity (Wildman–Crippen MR) is 80.1 cm³/mol. The van der Waals surface area contributed by atoms with Gasteiger partial charge >= 0.3 is 12.1 Å². The van der Waals surface area contributed by atoms with Crippen molar-refractivity contribution in [2.45, 2.75) is 46.1 Å². The van der Waals surface area contributed by atoms with Crippen LogP contribution in [0.1, 0.15) is 50.3 Å². The van der Waals surface area contributed by atoms with Gasteiger partial charge in [0.25, 0.3) is 0 Å². The van der Waals surface area contributed by atoms with Crippen molar-refractivity contribution in [1.82, 2.24) is 15.1 Å². The van der Waals surface area contributed by atoms with E-state index in [4.69, 9.17) is 9.47 Å². The second-order valence-corrected chi connectivity index (χ2v) is 5.46. The molecule has 1 aromatic rings. The lowest BCUT2D eigenvalue weighted by Gasteiger charge is -2.19. The first kappa shape index (κ1) is 17.7. The van der Waals surface area contributed by atoms with Crippen LogP contribution < -0.4 is 5.43 Å². The fourth-order valence-electron chi connectivity index (χ4n) is 1.60. The number of esters is 1. The van der Waals surface area contributed by atoms with Crippen molar-refractivity contribution in [2.24, 2.45) is 0 Å². The van der Waals surface area contributed by atoms with Crippen LogP contribution in [0.4, 0.5) is 4.79 Å². The lowest BCUT2D eigenvalue weighted by atomic mass is 10.2. The molecule has 0 spiro atoms. The summed E-state index contributed by atoms with van der Waals surface area (Å²) >= 11 is 0. The Morgan fingerprint density at radius 2 is 2.09 bits per heavy atom. The molecule has 1 heterocycles. The van der Waals surface area contributed by atoms with Crippen LogP contribution in [0.25, 0.3) is 0 Å². The molecule has 0 unspecified atom stereocenters. The second-order valence-electron chi connectivity index (χ2n) is 5.46. The molecule has 1 N–H and O–H groups in total. The van der Waals surface area contributed by atoms with Gasteiger partial charge in [0.05, 0.1) is 12.3 Å². The van der Waals surface area contributed by atoms with Crippen LogP contribution >= 0.6 is 0 Å². The summed E-state index contributed by atoms with van der Waals surface area (Å²) in [5.74, 6) is -0.584.